The summed E-state index contributed by atoms with van der Waals surface area (Å²) in [7, 11) is 1.76. The molecule has 5 heteroatoms. The Kier molecular flexibility index (Phi) is 3.71. The van der Waals surface area contributed by atoms with Gasteiger partial charge < -0.3 is 9.88 Å². The molecule has 17 heavy (non-hydrogen) atoms. The summed E-state index contributed by atoms with van der Waals surface area (Å²) in [6, 6.07) is 5.55. The summed E-state index contributed by atoms with van der Waals surface area (Å²) in [6.07, 6.45) is 5.29. The van der Waals surface area contributed by atoms with E-state index in [2.05, 4.69) is 26.2 Å². The van der Waals surface area contributed by atoms with Gasteiger partial charge in [0.2, 0.25) is 0 Å². The molecule has 0 atom stereocenters. The second kappa shape index (κ2) is 5.25. The molecule has 88 valence electrons. The van der Waals surface area contributed by atoms with E-state index in [0.29, 0.717) is 12.1 Å². The van der Waals surface area contributed by atoms with Crippen LogP contribution in [0.1, 0.15) is 10.4 Å². The lowest BCUT2D eigenvalue weighted by Gasteiger charge is -2.07. The first kappa shape index (κ1) is 12.0. The predicted molar refractivity (Wildman–Crippen MR) is 69.5 cm³/mol. The van der Waals surface area contributed by atoms with E-state index in [9.17, 15) is 4.79 Å². The molecule has 0 unspecified atom stereocenters. The van der Waals surface area contributed by atoms with Crippen LogP contribution in [0.25, 0.3) is 5.69 Å². The number of Topliss-reactive ketones (excluding diaryl/α,β-unsaturated/α-hetero) is 1. The third kappa shape index (κ3) is 2.62. The third-order valence-corrected chi connectivity index (χ3v) is 3.02. The van der Waals surface area contributed by atoms with Gasteiger partial charge in [-0.05, 0) is 41.2 Å². The maximum absolute atomic E-state index is 11.7. The lowest BCUT2D eigenvalue weighted by atomic mass is 10.1. The highest BCUT2D eigenvalue weighted by Crippen LogP contribution is 2.22. The summed E-state index contributed by atoms with van der Waals surface area (Å²) in [5.41, 5.74) is 1.65. The molecule has 0 amide bonds. The number of hydrogen-bond acceptors (Lipinski definition) is 3. The highest BCUT2D eigenvalue weighted by molar-refractivity contribution is 9.10. The Bertz CT molecular complexity index is 523. The number of hydrogen-bond donors (Lipinski definition) is 1. The van der Waals surface area contributed by atoms with Crippen molar-refractivity contribution in [2.24, 2.45) is 0 Å². The maximum atomic E-state index is 11.7. The van der Waals surface area contributed by atoms with E-state index in [4.69, 9.17) is 0 Å². The third-order valence-electron chi connectivity index (χ3n) is 2.39. The van der Waals surface area contributed by atoms with Gasteiger partial charge >= 0.3 is 0 Å². The lowest BCUT2D eigenvalue weighted by Crippen LogP contribution is -2.18. The molecule has 1 aromatic heterocycles. The van der Waals surface area contributed by atoms with Gasteiger partial charge in [-0.25, -0.2) is 4.98 Å². The number of imidazole rings is 1. The molecule has 0 spiro atoms. The molecule has 1 heterocycles. The Labute approximate surface area is 108 Å². The molecular formula is C12H12BrN3O. The summed E-state index contributed by atoms with van der Waals surface area (Å²) in [5.74, 6) is 0.0744. The van der Waals surface area contributed by atoms with Crippen molar-refractivity contribution in [1.29, 1.82) is 0 Å². The van der Waals surface area contributed by atoms with E-state index in [-0.39, 0.29) is 5.78 Å². The highest BCUT2D eigenvalue weighted by Gasteiger charge is 2.08. The largest absolute Gasteiger partial charge is 0.313 e. The molecule has 1 aromatic carbocycles. The standard InChI is InChI=1S/C12H12BrN3O/c1-14-7-12(17)9-2-3-11(10(13)6-9)16-5-4-15-8-16/h2-6,8,14H,7H2,1H3. The number of nitrogens with zero attached hydrogens (tertiary/aromatic N) is 2. The van der Waals surface area contributed by atoms with E-state index >= 15 is 0 Å². The molecule has 4 nitrogen and oxygen atoms in total. The predicted octanol–water partition coefficient (Wildman–Crippen LogP) is 2.04. The molecule has 0 saturated heterocycles. The van der Waals surface area contributed by atoms with Crippen molar-refractivity contribution in [3.8, 4) is 5.69 Å². The Hall–Kier alpha value is -1.46. The zero-order valence-electron chi connectivity index (χ0n) is 9.35. The number of rotatable bonds is 4. The van der Waals surface area contributed by atoms with Crippen LogP contribution in [0.3, 0.4) is 0 Å². The second-order valence-electron chi connectivity index (χ2n) is 3.59. The molecule has 2 aromatic rings. The molecule has 0 aliphatic carbocycles. The van der Waals surface area contributed by atoms with E-state index in [1.54, 1.807) is 19.6 Å². The van der Waals surface area contributed by atoms with E-state index in [1.165, 1.54) is 0 Å². The van der Waals surface area contributed by atoms with Crippen LogP contribution in [0.4, 0.5) is 0 Å². The van der Waals surface area contributed by atoms with Gasteiger partial charge in [-0.15, -0.1) is 0 Å². The topological polar surface area (TPSA) is 46.9 Å². The van der Waals surface area contributed by atoms with Crippen LogP contribution in [0.5, 0.6) is 0 Å². The molecule has 0 bridgehead atoms. The number of halogens is 1. The minimum Gasteiger partial charge on any atom is -0.313 e. The van der Waals surface area contributed by atoms with Crippen LogP contribution in [-0.4, -0.2) is 28.9 Å². The van der Waals surface area contributed by atoms with Gasteiger partial charge in [0.25, 0.3) is 0 Å². The second-order valence-corrected chi connectivity index (χ2v) is 4.44. The van der Waals surface area contributed by atoms with Crippen LogP contribution >= 0.6 is 15.9 Å². The fourth-order valence-electron chi connectivity index (χ4n) is 1.55. The minimum absolute atomic E-state index is 0.0744. The van der Waals surface area contributed by atoms with Crippen molar-refractivity contribution in [2.75, 3.05) is 13.6 Å². The van der Waals surface area contributed by atoms with E-state index < -0.39 is 0 Å². The van der Waals surface area contributed by atoms with Gasteiger partial charge in [0.05, 0.1) is 18.6 Å². The van der Waals surface area contributed by atoms with Gasteiger partial charge in [0, 0.05) is 22.4 Å². The van der Waals surface area contributed by atoms with Crippen LogP contribution in [0.15, 0.2) is 41.4 Å². The number of aromatic nitrogens is 2. The molecule has 2 rings (SSSR count). The highest BCUT2D eigenvalue weighted by atomic mass is 79.9. The molecule has 1 N–H and O–H groups in total. The average Bonchev–Trinajstić information content (AvgIpc) is 2.82. The van der Waals surface area contributed by atoms with Crippen molar-refractivity contribution < 1.29 is 4.79 Å². The molecule has 0 aliphatic rings. The summed E-state index contributed by atoms with van der Waals surface area (Å²) >= 11 is 3.47. The maximum Gasteiger partial charge on any atom is 0.176 e. The molecular weight excluding hydrogens is 282 g/mol. The average molecular weight is 294 g/mol. The van der Waals surface area contributed by atoms with Crippen LogP contribution in [-0.2, 0) is 0 Å². The van der Waals surface area contributed by atoms with E-state index in [1.807, 2.05) is 29.0 Å². The van der Waals surface area contributed by atoms with Gasteiger partial charge in [-0.3, -0.25) is 4.79 Å². The van der Waals surface area contributed by atoms with Gasteiger partial charge in [-0.2, -0.15) is 0 Å². The lowest BCUT2D eigenvalue weighted by molar-refractivity contribution is 0.0993. The molecule has 0 saturated carbocycles. The molecule has 0 radical (unpaired) electrons. The zero-order chi connectivity index (χ0) is 12.3. The number of benzene rings is 1. The fourth-order valence-corrected chi connectivity index (χ4v) is 2.14. The number of likely N-dealkylation sites (N-methyl/N-ethyl adjacent to an activating group) is 1. The van der Waals surface area contributed by atoms with Crippen molar-refractivity contribution in [3.63, 3.8) is 0 Å². The zero-order valence-corrected chi connectivity index (χ0v) is 10.9. The quantitative estimate of drug-likeness (QED) is 0.878. The first-order valence-electron chi connectivity index (χ1n) is 5.18. The number of nitrogens with one attached hydrogen (secondary N) is 1. The first-order chi connectivity index (χ1) is 8.22. The van der Waals surface area contributed by atoms with Gasteiger partial charge in [-0.1, -0.05) is 0 Å². The van der Waals surface area contributed by atoms with Crippen molar-refractivity contribution in [1.82, 2.24) is 14.9 Å². The molecule has 0 aliphatic heterocycles. The Morgan fingerprint density at radius 1 is 1.53 bits per heavy atom. The Morgan fingerprint density at radius 2 is 2.35 bits per heavy atom. The van der Waals surface area contributed by atoms with Crippen LogP contribution < -0.4 is 5.32 Å². The van der Waals surface area contributed by atoms with Gasteiger partial charge in [0.15, 0.2) is 5.78 Å². The van der Waals surface area contributed by atoms with Crippen molar-refractivity contribution >= 4 is 21.7 Å². The minimum atomic E-state index is 0.0744. The fraction of sp³-hybridized carbons (Fsp3) is 0.167. The number of ketones is 1. The smallest absolute Gasteiger partial charge is 0.176 e. The summed E-state index contributed by atoms with van der Waals surface area (Å²) in [6.45, 7) is 0.344. The van der Waals surface area contributed by atoms with Crippen LogP contribution in [0.2, 0.25) is 0 Å². The number of carbonyl (C=O) groups excluding carboxylic acids is 1. The van der Waals surface area contributed by atoms with Gasteiger partial charge in [0.1, 0.15) is 0 Å². The summed E-state index contributed by atoms with van der Waals surface area (Å²) in [4.78, 5) is 15.7. The normalized spacial score (nSPS) is 10.5. The summed E-state index contributed by atoms with van der Waals surface area (Å²) in [5, 5.41) is 2.85. The van der Waals surface area contributed by atoms with Crippen molar-refractivity contribution in [2.45, 2.75) is 0 Å². The van der Waals surface area contributed by atoms with Crippen molar-refractivity contribution in [3.05, 3.63) is 47.0 Å². The number of carbonyl (C=O) groups is 1. The first-order valence-corrected chi connectivity index (χ1v) is 5.97. The Balaban J connectivity index is 2.32. The monoisotopic (exact) mass is 293 g/mol. The molecule has 0 fully saturated rings. The van der Waals surface area contributed by atoms with E-state index in [0.717, 1.165) is 10.2 Å². The van der Waals surface area contributed by atoms with Crippen LogP contribution in [0, 0.1) is 0 Å². The summed E-state index contributed by atoms with van der Waals surface area (Å²) < 4.78 is 2.76. The SMILES string of the molecule is CNCC(=O)c1ccc(-n2ccnc2)c(Br)c1. The Morgan fingerprint density at radius 3 is 2.94 bits per heavy atom.